The molecular formula is C20H24ClFN4O2. The lowest BCUT2D eigenvalue weighted by atomic mass is 10.1. The second kappa shape index (κ2) is 5.81. The molecule has 4 atom stereocenters. The molecule has 3 aliphatic rings. The highest BCUT2D eigenvalue weighted by Crippen LogP contribution is 2.59. The number of likely N-dealkylation sites (tertiary alicyclic amines) is 1. The normalized spacial score (nSPS) is 31.2. The number of halogens is 2. The molecule has 0 N–H and O–H groups in total. The van der Waals surface area contributed by atoms with Crippen LogP contribution in [0.25, 0.3) is 10.9 Å². The molecule has 2 aromatic rings. The molecule has 1 saturated heterocycles. The number of carbonyl (C=O) groups excluding carboxylic acids is 1. The minimum absolute atomic E-state index is 0.111. The molecule has 0 bridgehead atoms. The molecule has 3 heterocycles. The van der Waals surface area contributed by atoms with Crippen molar-refractivity contribution in [3.63, 3.8) is 0 Å². The minimum atomic E-state index is -0.498. The molecule has 2 saturated carbocycles. The van der Waals surface area contributed by atoms with Gasteiger partial charge in [0.2, 0.25) is 0 Å². The Morgan fingerprint density at radius 3 is 2.54 bits per heavy atom. The standard InChI is InChI=1S/C20H24ClFN4O2/c1-9-5-13(9)26-17-10(6-23-18(21)15(17)22)16(24-26)14-11-7-25(8-12(11)14)19(27)28-20(2,3)4/h6,9,11-14H,5,7-8H2,1-4H3. The van der Waals surface area contributed by atoms with Crippen LogP contribution >= 0.6 is 11.6 Å². The number of amides is 1. The summed E-state index contributed by atoms with van der Waals surface area (Å²) in [6.45, 7) is 9.06. The van der Waals surface area contributed by atoms with Crippen LogP contribution < -0.4 is 0 Å². The minimum Gasteiger partial charge on any atom is -0.444 e. The van der Waals surface area contributed by atoms with E-state index in [0.717, 1.165) is 17.5 Å². The van der Waals surface area contributed by atoms with Crippen molar-refractivity contribution in [2.75, 3.05) is 13.1 Å². The Kier molecular flexibility index (Phi) is 3.77. The molecule has 0 aromatic carbocycles. The van der Waals surface area contributed by atoms with Gasteiger partial charge in [-0.3, -0.25) is 4.68 Å². The van der Waals surface area contributed by atoms with E-state index < -0.39 is 11.4 Å². The second-order valence-electron chi connectivity index (χ2n) is 9.47. The zero-order chi connectivity index (χ0) is 20.0. The third-order valence-electron chi connectivity index (χ3n) is 6.21. The lowest BCUT2D eigenvalue weighted by molar-refractivity contribution is 0.0271. The molecule has 1 amide bonds. The molecule has 0 spiro atoms. The highest BCUT2D eigenvalue weighted by atomic mass is 35.5. The van der Waals surface area contributed by atoms with Crippen molar-refractivity contribution in [2.24, 2.45) is 17.8 Å². The number of hydrogen-bond donors (Lipinski definition) is 0. The van der Waals surface area contributed by atoms with Crippen molar-refractivity contribution in [1.29, 1.82) is 0 Å². The molecular weight excluding hydrogens is 383 g/mol. The fourth-order valence-corrected chi connectivity index (χ4v) is 4.76. The molecule has 1 aliphatic heterocycles. The highest BCUT2D eigenvalue weighted by molar-refractivity contribution is 6.30. The number of piperidine rings is 1. The summed E-state index contributed by atoms with van der Waals surface area (Å²) in [4.78, 5) is 18.1. The molecule has 6 nitrogen and oxygen atoms in total. The zero-order valence-corrected chi connectivity index (χ0v) is 17.2. The van der Waals surface area contributed by atoms with Gasteiger partial charge in [0, 0.05) is 30.6 Å². The van der Waals surface area contributed by atoms with Crippen molar-refractivity contribution in [3.8, 4) is 0 Å². The van der Waals surface area contributed by atoms with Gasteiger partial charge in [-0.1, -0.05) is 18.5 Å². The maximum atomic E-state index is 14.8. The van der Waals surface area contributed by atoms with Crippen molar-refractivity contribution >= 4 is 28.6 Å². The smallest absolute Gasteiger partial charge is 0.410 e. The topological polar surface area (TPSA) is 60.2 Å². The number of fused-ring (bicyclic) bond motifs is 2. The van der Waals surface area contributed by atoms with Gasteiger partial charge in [0.25, 0.3) is 0 Å². The summed E-state index contributed by atoms with van der Waals surface area (Å²) in [5, 5.41) is 5.46. The quantitative estimate of drug-likeness (QED) is 0.694. The van der Waals surface area contributed by atoms with Crippen LogP contribution in [0, 0.1) is 23.6 Å². The Labute approximate surface area is 168 Å². The van der Waals surface area contributed by atoms with E-state index in [2.05, 4.69) is 11.9 Å². The molecule has 28 heavy (non-hydrogen) atoms. The van der Waals surface area contributed by atoms with Gasteiger partial charge < -0.3 is 9.64 Å². The largest absolute Gasteiger partial charge is 0.444 e. The average Bonchev–Trinajstić information content (AvgIpc) is 3.37. The van der Waals surface area contributed by atoms with Gasteiger partial charge in [-0.25, -0.2) is 14.2 Å². The van der Waals surface area contributed by atoms with E-state index in [1.54, 1.807) is 11.1 Å². The summed E-state index contributed by atoms with van der Waals surface area (Å²) in [5.41, 5.74) is 0.871. The summed E-state index contributed by atoms with van der Waals surface area (Å²) < 4.78 is 22.1. The Balaban J connectivity index is 1.41. The van der Waals surface area contributed by atoms with Crippen LogP contribution in [0.4, 0.5) is 9.18 Å². The third kappa shape index (κ3) is 2.78. The number of rotatable bonds is 2. The molecule has 5 rings (SSSR count). The van der Waals surface area contributed by atoms with E-state index >= 15 is 0 Å². The van der Waals surface area contributed by atoms with Crippen LogP contribution in [0.1, 0.15) is 51.8 Å². The van der Waals surface area contributed by atoms with E-state index in [1.807, 2.05) is 25.5 Å². The van der Waals surface area contributed by atoms with Crippen molar-refractivity contribution in [1.82, 2.24) is 19.7 Å². The Morgan fingerprint density at radius 2 is 1.96 bits per heavy atom. The fraction of sp³-hybridized carbons (Fsp3) is 0.650. The predicted molar refractivity (Wildman–Crippen MR) is 103 cm³/mol. The lowest BCUT2D eigenvalue weighted by Gasteiger charge is -2.25. The van der Waals surface area contributed by atoms with E-state index in [-0.39, 0.29) is 23.2 Å². The first-order valence-electron chi connectivity index (χ1n) is 9.85. The Bertz CT molecular complexity index is 973. The lowest BCUT2D eigenvalue weighted by Crippen LogP contribution is -2.36. The van der Waals surface area contributed by atoms with Gasteiger partial charge in [0.1, 0.15) is 11.1 Å². The molecule has 3 fully saturated rings. The number of hydrogen-bond acceptors (Lipinski definition) is 4. The van der Waals surface area contributed by atoms with Crippen LogP contribution in [0.3, 0.4) is 0 Å². The van der Waals surface area contributed by atoms with Crippen LogP contribution in [-0.4, -0.2) is 44.4 Å². The van der Waals surface area contributed by atoms with Gasteiger partial charge in [-0.05, 0) is 44.9 Å². The average molecular weight is 407 g/mol. The summed E-state index contributed by atoms with van der Waals surface area (Å²) in [5.74, 6) is 0.921. The second-order valence-corrected chi connectivity index (χ2v) is 9.83. The van der Waals surface area contributed by atoms with Crippen molar-refractivity contribution in [2.45, 2.75) is 51.7 Å². The fourth-order valence-electron chi connectivity index (χ4n) is 4.62. The van der Waals surface area contributed by atoms with Crippen molar-refractivity contribution < 1.29 is 13.9 Å². The number of nitrogens with zero attached hydrogens (tertiary/aromatic N) is 4. The van der Waals surface area contributed by atoms with E-state index in [4.69, 9.17) is 21.4 Å². The molecule has 150 valence electrons. The highest BCUT2D eigenvalue weighted by Gasteiger charge is 2.59. The third-order valence-corrected chi connectivity index (χ3v) is 6.48. The SMILES string of the molecule is CC1CC1n1nc(C2C3CN(C(=O)OC(C)(C)C)CC32)c2cnc(Cl)c(F)c21. The number of carbonyl (C=O) groups is 1. The maximum Gasteiger partial charge on any atom is 0.410 e. The van der Waals surface area contributed by atoms with Crippen LogP contribution in [0.5, 0.6) is 0 Å². The molecule has 2 aliphatic carbocycles. The first-order chi connectivity index (χ1) is 13.2. The van der Waals surface area contributed by atoms with Gasteiger partial charge in [-0.15, -0.1) is 0 Å². The Morgan fingerprint density at radius 1 is 1.32 bits per heavy atom. The molecule has 2 aromatic heterocycles. The van der Waals surface area contributed by atoms with Gasteiger partial charge in [-0.2, -0.15) is 5.10 Å². The summed E-state index contributed by atoms with van der Waals surface area (Å²) >= 11 is 5.94. The summed E-state index contributed by atoms with van der Waals surface area (Å²) in [7, 11) is 0. The Hall–Kier alpha value is -1.89. The molecule has 0 radical (unpaired) electrons. The van der Waals surface area contributed by atoms with E-state index in [0.29, 0.717) is 36.4 Å². The monoisotopic (exact) mass is 406 g/mol. The number of pyridine rings is 1. The van der Waals surface area contributed by atoms with Crippen molar-refractivity contribution in [3.05, 3.63) is 22.9 Å². The predicted octanol–water partition coefficient (Wildman–Crippen LogP) is 4.39. The maximum absolute atomic E-state index is 14.8. The first kappa shape index (κ1) is 18.2. The first-order valence-corrected chi connectivity index (χ1v) is 10.2. The number of ether oxygens (including phenoxy) is 1. The zero-order valence-electron chi connectivity index (χ0n) is 16.4. The van der Waals surface area contributed by atoms with Gasteiger partial charge in [0.05, 0.1) is 11.7 Å². The van der Waals surface area contributed by atoms with Crippen LogP contribution in [-0.2, 0) is 4.74 Å². The van der Waals surface area contributed by atoms with E-state index in [9.17, 15) is 9.18 Å². The number of aromatic nitrogens is 3. The van der Waals surface area contributed by atoms with E-state index in [1.165, 1.54) is 0 Å². The van der Waals surface area contributed by atoms with Crippen LogP contribution in [0.15, 0.2) is 6.20 Å². The summed E-state index contributed by atoms with van der Waals surface area (Å²) in [6.07, 6.45) is 2.38. The summed E-state index contributed by atoms with van der Waals surface area (Å²) in [6, 6.07) is 0.223. The van der Waals surface area contributed by atoms with Gasteiger partial charge >= 0.3 is 6.09 Å². The molecule has 8 heteroatoms. The molecule has 4 unspecified atom stereocenters. The van der Waals surface area contributed by atoms with Crippen LogP contribution in [0.2, 0.25) is 5.15 Å². The van der Waals surface area contributed by atoms with Gasteiger partial charge in [0.15, 0.2) is 11.0 Å².